The summed E-state index contributed by atoms with van der Waals surface area (Å²) in [4.78, 5) is 14.5. The highest BCUT2D eigenvalue weighted by Crippen LogP contribution is 2.39. The molecule has 0 bridgehead atoms. The van der Waals surface area contributed by atoms with Gasteiger partial charge in [0.2, 0.25) is 0 Å². The summed E-state index contributed by atoms with van der Waals surface area (Å²) in [5, 5.41) is 10.00. The van der Waals surface area contributed by atoms with Gasteiger partial charge in [0.25, 0.3) is 5.91 Å². The molecule has 1 aliphatic heterocycles. The molecule has 1 fully saturated rings. The van der Waals surface area contributed by atoms with E-state index in [1.807, 2.05) is 6.07 Å². The van der Waals surface area contributed by atoms with Crippen LogP contribution < -0.4 is 14.4 Å². The molecule has 0 spiro atoms. The Balaban J connectivity index is 1.95. The number of rotatable bonds is 4. The zero-order valence-electron chi connectivity index (χ0n) is 13.6. The number of aromatic hydroxyl groups is 1. The average molecular weight is 373 g/mol. The second kappa shape index (κ2) is 7.16. The monoisotopic (exact) mass is 373 g/mol. The number of phenols is 1. The van der Waals surface area contributed by atoms with Gasteiger partial charge >= 0.3 is 0 Å². The molecule has 1 heterocycles. The van der Waals surface area contributed by atoms with E-state index in [-0.39, 0.29) is 11.7 Å². The highest BCUT2D eigenvalue weighted by Gasteiger charge is 2.34. The van der Waals surface area contributed by atoms with Crippen molar-refractivity contribution in [1.29, 1.82) is 0 Å². The standard InChI is InChI=1S/C18H15NO4S2/c1-22-14-8-7-11(9-15(14)23-2)10-16-17(21)19(18(24)25-16)12-5-3-4-6-13(12)20/h3-10,20H,1-2H3. The van der Waals surface area contributed by atoms with E-state index in [1.54, 1.807) is 50.6 Å². The van der Waals surface area contributed by atoms with Crippen molar-refractivity contribution < 1.29 is 19.4 Å². The quantitative estimate of drug-likeness (QED) is 0.650. The van der Waals surface area contributed by atoms with E-state index < -0.39 is 0 Å². The number of ether oxygens (including phenoxy) is 2. The Morgan fingerprint density at radius 1 is 1.12 bits per heavy atom. The van der Waals surface area contributed by atoms with Crippen molar-refractivity contribution in [2.45, 2.75) is 0 Å². The zero-order chi connectivity index (χ0) is 18.0. The Hall–Kier alpha value is -2.51. The molecule has 1 aliphatic rings. The van der Waals surface area contributed by atoms with Crippen molar-refractivity contribution >= 4 is 46.0 Å². The summed E-state index contributed by atoms with van der Waals surface area (Å²) in [6.45, 7) is 0. The lowest BCUT2D eigenvalue weighted by Gasteiger charge is -2.15. The van der Waals surface area contributed by atoms with Crippen LogP contribution in [0.2, 0.25) is 0 Å². The van der Waals surface area contributed by atoms with Crippen molar-refractivity contribution in [2.75, 3.05) is 19.1 Å². The van der Waals surface area contributed by atoms with Gasteiger partial charge in [0.15, 0.2) is 15.8 Å². The van der Waals surface area contributed by atoms with Crippen molar-refractivity contribution in [2.24, 2.45) is 0 Å². The van der Waals surface area contributed by atoms with Crippen LogP contribution in [0, 0.1) is 0 Å². The number of para-hydroxylation sites is 2. The van der Waals surface area contributed by atoms with Gasteiger partial charge in [0, 0.05) is 0 Å². The molecule has 3 rings (SSSR count). The van der Waals surface area contributed by atoms with Crippen LogP contribution in [-0.4, -0.2) is 29.6 Å². The number of hydrogen-bond acceptors (Lipinski definition) is 6. The van der Waals surface area contributed by atoms with E-state index in [4.69, 9.17) is 21.7 Å². The average Bonchev–Trinajstić information content (AvgIpc) is 2.89. The molecule has 0 aliphatic carbocycles. The number of thiocarbonyl (C=S) groups is 1. The van der Waals surface area contributed by atoms with Gasteiger partial charge in [0.05, 0.1) is 24.8 Å². The number of carbonyl (C=O) groups is 1. The van der Waals surface area contributed by atoms with Gasteiger partial charge in [0.1, 0.15) is 5.75 Å². The highest BCUT2D eigenvalue weighted by molar-refractivity contribution is 8.27. The minimum absolute atomic E-state index is 0.00571. The second-order valence-electron chi connectivity index (χ2n) is 5.12. The Morgan fingerprint density at radius 3 is 2.52 bits per heavy atom. The molecular weight excluding hydrogens is 358 g/mol. The van der Waals surface area contributed by atoms with Crippen LogP contribution in [0.5, 0.6) is 17.2 Å². The Bertz CT molecular complexity index is 879. The first-order valence-electron chi connectivity index (χ1n) is 7.33. The third kappa shape index (κ3) is 3.33. The van der Waals surface area contributed by atoms with Gasteiger partial charge in [-0.1, -0.05) is 42.2 Å². The van der Waals surface area contributed by atoms with Crippen molar-refractivity contribution in [1.82, 2.24) is 0 Å². The summed E-state index contributed by atoms with van der Waals surface area (Å²) in [5.74, 6) is 0.922. The number of phenolic OH excluding ortho intramolecular Hbond substituents is 1. The minimum atomic E-state index is -0.272. The van der Waals surface area contributed by atoms with Crippen LogP contribution in [0.25, 0.3) is 6.08 Å². The van der Waals surface area contributed by atoms with Crippen LogP contribution in [0.3, 0.4) is 0 Å². The third-order valence-electron chi connectivity index (χ3n) is 3.62. The maximum Gasteiger partial charge on any atom is 0.270 e. The molecule has 7 heteroatoms. The lowest BCUT2D eigenvalue weighted by Crippen LogP contribution is -2.27. The molecule has 1 saturated heterocycles. The first-order valence-corrected chi connectivity index (χ1v) is 8.55. The fourth-order valence-corrected chi connectivity index (χ4v) is 3.71. The number of thioether (sulfide) groups is 1. The summed E-state index contributed by atoms with van der Waals surface area (Å²) in [7, 11) is 3.12. The van der Waals surface area contributed by atoms with Crippen LogP contribution in [-0.2, 0) is 4.79 Å². The third-order valence-corrected chi connectivity index (χ3v) is 4.92. The van der Waals surface area contributed by atoms with Crippen LogP contribution in [0.1, 0.15) is 5.56 Å². The van der Waals surface area contributed by atoms with E-state index in [9.17, 15) is 9.90 Å². The second-order valence-corrected chi connectivity index (χ2v) is 6.80. The molecule has 1 N–H and O–H groups in total. The first kappa shape index (κ1) is 17.3. The molecule has 0 aromatic heterocycles. The van der Waals surface area contributed by atoms with E-state index in [2.05, 4.69) is 0 Å². The van der Waals surface area contributed by atoms with Gasteiger partial charge < -0.3 is 14.6 Å². The van der Waals surface area contributed by atoms with Crippen LogP contribution >= 0.6 is 24.0 Å². The molecule has 0 radical (unpaired) electrons. The smallest absolute Gasteiger partial charge is 0.270 e. The molecule has 0 unspecified atom stereocenters. The van der Waals surface area contributed by atoms with E-state index in [0.717, 1.165) is 5.56 Å². The SMILES string of the molecule is COc1ccc(C=C2SC(=S)N(c3ccccc3O)C2=O)cc1OC. The highest BCUT2D eigenvalue weighted by atomic mass is 32.2. The maximum atomic E-state index is 12.7. The number of benzene rings is 2. The minimum Gasteiger partial charge on any atom is -0.506 e. The number of carbonyl (C=O) groups excluding carboxylic acids is 1. The number of nitrogens with zero attached hydrogens (tertiary/aromatic N) is 1. The molecule has 5 nitrogen and oxygen atoms in total. The van der Waals surface area contributed by atoms with Crippen LogP contribution in [0.15, 0.2) is 47.4 Å². The Labute approximate surface area is 154 Å². The van der Waals surface area contributed by atoms with Crippen molar-refractivity contribution in [3.8, 4) is 17.2 Å². The largest absolute Gasteiger partial charge is 0.506 e. The van der Waals surface area contributed by atoms with Gasteiger partial charge in [-0.05, 0) is 35.9 Å². The molecule has 0 atom stereocenters. The lowest BCUT2D eigenvalue weighted by atomic mass is 10.2. The molecule has 25 heavy (non-hydrogen) atoms. The van der Waals surface area contributed by atoms with Crippen molar-refractivity contribution in [3.63, 3.8) is 0 Å². The summed E-state index contributed by atoms with van der Waals surface area (Å²) < 4.78 is 10.9. The van der Waals surface area contributed by atoms with Crippen LogP contribution in [0.4, 0.5) is 5.69 Å². The van der Waals surface area contributed by atoms with Gasteiger partial charge in [-0.3, -0.25) is 9.69 Å². The van der Waals surface area contributed by atoms with Crippen molar-refractivity contribution in [3.05, 3.63) is 52.9 Å². The number of anilines is 1. The summed E-state index contributed by atoms with van der Waals surface area (Å²) in [6, 6.07) is 12.0. The Morgan fingerprint density at radius 2 is 1.84 bits per heavy atom. The lowest BCUT2D eigenvalue weighted by molar-refractivity contribution is -0.113. The molecule has 0 saturated carbocycles. The summed E-state index contributed by atoms with van der Waals surface area (Å²) in [6.07, 6.45) is 1.74. The number of methoxy groups -OCH3 is 2. The van der Waals surface area contributed by atoms with Gasteiger partial charge in [-0.15, -0.1) is 0 Å². The topological polar surface area (TPSA) is 59.0 Å². The fraction of sp³-hybridized carbons (Fsp3) is 0.111. The molecule has 2 aromatic rings. The maximum absolute atomic E-state index is 12.7. The summed E-state index contributed by atoms with van der Waals surface area (Å²) in [5.41, 5.74) is 1.16. The predicted octanol–water partition coefficient (Wildman–Crippen LogP) is 3.82. The number of hydrogen-bond donors (Lipinski definition) is 1. The van der Waals surface area contributed by atoms with Gasteiger partial charge in [-0.25, -0.2) is 0 Å². The predicted molar refractivity (Wildman–Crippen MR) is 103 cm³/mol. The van der Waals surface area contributed by atoms with E-state index >= 15 is 0 Å². The fourth-order valence-electron chi connectivity index (χ4n) is 2.42. The first-order chi connectivity index (χ1) is 12.0. The normalized spacial score (nSPS) is 15.8. The zero-order valence-corrected chi connectivity index (χ0v) is 15.2. The van der Waals surface area contributed by atoms with E-state index in [0.29, 0.717) is 26.4 Å². The molecule has 1 amide bonds. The van der Waals surface area contributed by atoms with Gasteiger partial charge in [-0.2, -0.15) is 0 Å². The Kier molecular flexibility index (Phi) is 4.96. The summed E-state index contributed by atoms with van der Waals surface area (Å²) >= 11 is 6.50. The van der Waals surface area contributed by atoms with E-state index in [1.165, 1.54) is 22.7 Å². The number of amides is 1. The molecule has 128 valence electrons. The molecule has 2 aromatic carbocycles. The molecular formula is C18H15NO4S2.